The fourth-order valence-corrected chi connectivity index (χ4v) is 3.35. The molecule has 0 atom stereocenters. The number of para-hydroxylation sites is 2. The Kier molecular flexibility index (Phi) is 4.96. The van der Waals surface area contributed by atoms with E-state index < -0.39 is 0 Å². The van der Waals surface area contributed by atoms with E-state index >= 15 is 0 Å². The Hall–Kier alpha value is -2.91. The number of aryl methyl sites for hydroxylation is 1. The summed E-state index contributed by atoms with van der Waals surface area (Å²) in [5, 5.41) is 20.0. The predicted octanol–water partition coefficient (Wildman–Crippen LogP) is 4.17. The Bertz CT molecular complexity index is 986. The van der Waals surface area contributed by atoms with Gasteiger partial charge in [0.25, 0.3) is 0 Å². The number of ether oxygens (including phenoxy) is 1. The van der Waals surface area contributed by atoms with Gasteiger partial charge in [-0.3, -0.25) is 0 Å². The molecule has 1 N–H and O–H groups in total. The number of imidazole rings is 1. The van der Waals surface area contributed by atoms with Gasteiger partial charge in [-0.15, -0.1) is 11.8 Å². The van der Waals surface area contributed by atoms with Crippen molar-refractivity contribution in [2.24, 2.45) is 7.05 Å². The maximum atomic E-state index is 10.5. The lowest BCUT2D eigenvalue weighted by molar-refractivity contribution is 0.413. The van der Waals surface area contributed by atoms with Crippen molar-refractivity contribution < 1.29 is 9.84 Å². The Labute approximate surface area is 150 Å². The minimum Gasteiger partial charge on any atom is -0.510 e. The number of hydrogen-bond acceptors (Lipinski definition) is 5. The van der Waals surface area contributed by atoms with Gasteiger partial charge >= 0.3 is 0 Å². The van der Waals surface area contributed by atoms with E-state index in [1.165, 1.54) is 11.8 Å². The molecule has 0 unspecified atom stereocenters. The smallest absolute Gasteiger partial charge is 0.155 e. The summed E-state index contributed by atoms with van der Waals surface area (Å²) in [6.07, 6.45) is 0. The zero-order valence-corrected chi connectivity index (χ0v) is 14.7. The van der Waals surface area contributed by atoms with E-state index in [-0.39, 0.29) is 17.1 Å². The van der Waals surface area contributed by atoms with Crippen LogP contribution in [0.4, 0.5) is 0 Å². The van der Waals surface area contributed by atoms with Crippen LogP contribution in [0.5, 0.6) is 5.75 Å². The average Bonchev–Trinajstić information content (AvgIpc) is 2.98. The van der Waals surface area contributed by atoms with Crippen LogP contribution in [-0.4, -0.2) is 27.5 Å². The SMILES string of the molecule is COc1cccc(SC/C(O)=C(\C#N)c2nc3ccccc3n2C)c1. The minimum atomic E-state index is 0.00808. The van der Waals surface area contributed by atoms with Gasteiger partial charge in [0, 0.05) is 11.9 Å². The molecule has 1 heterocycles. The maximum absolute atomic E-state index is 10.5. The molecule has 2 aromatic carbocycles. The molecule has 0 aliphatic rings. The molecule has 0 spiro atoms. The molecule has 25 heavy (non-hydrogen) atoms. The highest BCUT2D eigenvalue weighted by Crippen LogP contribution is 2.27. The Morgan fingerprint density at radius 3 is 2.80 bits per heavy atom. The molecular weight excluding hydrogens is 334 g/mol. The Morgan fingerprint density at radius 1 is 1.28 bits per heavy atom. The summed E-state index contributed by atoms with van der Waals surface area (Å²) >= 11 is 1.43. The molecule has 0 aliphatic heterocycles. The van der Waals surface area contributed by atoms with E-state index in [1.807, 2.05) is 60.1 Å². The highest BCUT2D eigenvalue weighted by Gasteiger charge is 2.16. The van der Waals surface area contributed by atoms with Crippen LogP contribution in [0.2, 0.25) is 0 Å². The molecule has 126 valence electrons. The third-order valence-electron chi connectivity index (χ3n) is 3.83. The monoisotopic (exact) mass is 351 g/mol. The third kappa shape index (κ3) is 3.47. The molecule has 0 saturated heterocycles. The summed E-state index contributed by atoms with van der Waals surface area (Å²) in [4.78, 5) is 5.43. The van der Waals surface area contributed by atoms with Crippen LogP contribution < -0.4 is 4.74 Å². The van der Waals surface area contributed by atoms with Crippen molar-refractivity contribution in [2.45, 2.75) is 4.90 Å². The van der Waals surface area contributed by atoms with Crippen LogP contribution in [0.3, 0.4) is 0 Å². The van der Waals surface area contributed by atoms with E-state index in [2.05, 4.69) is 11.1 Å². The molecule has 0 amide bonds. The Balaban J connectivity index is 1.89. The number of aromatic nitrogens is 2. The number of aliphatic hydroxyl groups is 1. The normalized spacial score (nSPS) is 11.9. The zero-order valence-electron chi connectivity index (χ0n) is 13.9. The summed E-state index contributed by atoms with van der Waals surface area (Å²) in [7, 11) is 3.45. The second-order valence-corrected chi connectivity index (χ2v) is 6.43. The standard InChI is InChI=1S/C19H17N3O2S/c1-22-17-9-4-3-8-16(17)21-19(22)15(11-20)18(23)12-25-14-7-5-6-13(10-14)24-2/h3-10,23H,12H2,1-2H3/b18-15-. The number of nitriles is 1. The van der Waals surface area contributed by atoms with E-state index in [4.69, 9.17) is 4.74 Å². The van der Waals surface area contributed by atoms with Crippen molar-refractivity contribution in [1.29, 1.82) is 5.26 Å². The summed E-state index contributed by atoms with van der Waals surface area (Å²) in [5.74, 6) is 1.50. The average molecular weight is 351 g/mol. The Morgan fingerprint density at radius 2 is 2.08 bits per heavy atom. The first-order chi connectivity index (χ1) is 12.1. The van der Waals surface area contributed by atoms with Gasteiger partial charge in [-0.05, 0) is 30.3 Å². The van der Waals surface area contributed by atoms with Crippen molar-refractivity contribution in [3.8, 4) is 11.8 Å². The van der Waals surface area contributed by atoms with Crippen molar-refractivity contribution in [3.05, 3.63) is 60.1 Å². The van der Waals surface area contributed by atoms with Crippen LogP contribution in [-0.2, 0) is 7.05 Å². The van der Waals surface area contributed by atoms with Crippen molar-refractivity contribution in [1.82, 2.24) is 9.55 Å². The lowest BCUT2D eigenvalue weighted by Crippen LogP contribution is -2.00. The van der Waals surface area contributed by atoms with Crippen LogP contribution >= 0.6 is 11.8 Å². The van der Waals surface area contributed by atoms with E-state index in [0.29, 0.717) is 5.82 Å². The van der Waals surface area contributed by atoms with Crippen molar-refractivity contribution >= 4 is 28.4 Å². The summed E-state index contributed by atoms with van der Waals surface area (Å²) < 4.78 is 7.02. The number of fused-ring (bicyclic) bond motifs is 1. The molecule has 5 nitrogen and oxygen atoms in total. The lowest BCUT2D eigenvalue weighted by Gasteiger charge is -2.06. The molecule has 3 aromatic rings. The van der Waals surface area contributed by atoms with Gasteiger partial charge in [0.05, 0.1) is 23.9 Å². The third-order valence-corrected chi connectivity index (χ3v) is 4.83. The summed E-state index contributed by atoms with van der Waals surface area (Å²) in [5.41, 5.74) is 1.90. The maximum Gasteiger partial charge on any atom is 0.155 e. The fraction of sp³-hybridized carbons (Fsp3) is 0.158. The highest BCUT2D eigenvalue weighted by atomic mass is 32.2. The van der Waals surface area contributed by atoms with Crippen LogP contribution in [0.1, 0.15) is 5.82 Å². The van der Waals surface area contributed by atoms with E-state index in [9.17, 15) is 10.4 Å². The predicted molar refractivity (Wildman–Crippen MR) is 99.6 cm³/mol. The largest absolute Gasteiger partial charge is 0.510 e. The van der Waals surface area contributed by atoms with E-state index in [0.717, 1.165) is 21.7 Å². The number of nitrogens with zero attached hydrogens (tertiary/aromatic N) is 3. The van der Waals surface area contributed by atoms with Gasteiger partial charge in [-0.2, -0.15) is 5.26 Å². The lowest BCUT2D eigenvalue weighted by atomic mass is 10.2. The fourth-order valence-electron chi connectivity index (χ4n) is 2.53. The van der Waals surface area contributed by atoms with Gasteiger partial charge < -0.3 is 14.4 Å². The quantitative estimate of drug-likeness (QED) is 0.424. The molecule has 0 fully saturated rings. The molecule has 0 radical (unpaired) electrons. The summed E-state index contributed by atoms with van der Waals surface area (Å²) in [6.45, 7) is 0. The second-order valence-electron chi connectivity index (χ2n) is 5.38. The van der Waals surface area contributed by atoms with Crippen LogP contribution in [0.25, 0.3) is 16.6 Å². The molecule has 3 rings (SSSR count). The molecule has 1 aromatic heterocycles. The van der Waals surface area contributed by atoms with Crippen LogP contribution in [0.15, 0.2) is 59.2 Å². The topological polar surface area (TPSA) is 71.1 Å². The van der Waals surface area contributed by atoms with Gasteiger partial charge in [0.15, 0.2) is 5.82 Å². The van der Waals surface area contributed by atoms with Gasteiger partial charge in [-0.25, -0.2) is 4.98 Å². The first kappa shape index (κ1) is 16.9. The highest BCUT2D eigenvalue weighted by molar-refractivity contribution is 7.99. The number of rotatable bonds is 5. The van der Waals surface area contributed by atoms with Crippen molar-refractivity contribution in [2.75, 3.05) is 12.9 Å². The zero-order chi connectivity index (χ0) is 17.8. The molecule has 0 bridgehead atoms. The number of thioether (sulfide) groups is 1. The number of benzene rings is 2. The number of aliphatic hydroxyl groups excluding tert-OH is 1. The summed E-state index contributed by atoms with van der Waals surface area (Å²) in [6, 6.07) is 17.3. The van der Waals surface area contributed by atoms with Gasteiger partial charge in [0.2, 0.25) is 0 Å². The number of methoxy groups -OCH3 is 1. The number of allylic oxidation sites excluding steroid dienone is 1. The van der Waals surface area contributed by atoms with Gasteiger partial charge in [0.1, 0.15) is 23.2 Å². The van der Waals surface area contributed by atoms with E-state index in [1.54, 1.807) is 7.11 Å². The first-order valence-corrected chi connectivity index (χ1v) is 8.63. The molecule has 0 aliphatic carbocycles. The van der Waals surface area contributed by atoms with Crippen LogP contribution in [0, 0.1) is 11.3 Å². The van der Waals surface area contributed by atoms with Gasteiger partial charge in [-0.1, -0.05) is 18.2 Å². The molecule has 6 heteroatoms. The second kappa shape index (κ2) is 7.32. The molecular formula is C19H17N3O2S. The first-order valence-electron chi connectivity index (χ1n) is 7.65. The molecule has 0 saturated carbocycles. The van der Waals surface area contributed by atoms with Crippen molar-refractivity contribution in [3.63, 3.8) is 0 Å². The minimum absolute atomic E-state index is 0.00808. The number of hydrogen-bond donors (Lipinski definition) is 1.